The van der Waals surface area contributed by atoms with Crippen LogP contribution in [0.2, 0.25) is 0 Å². The zero-order chi connectivity index (χ0) is 11.7. The van der Waals surface area contributed by atoms with Crippen LogP contribution >= 0.6 is 0 Å². The van der Waals surface area contributed by atoms with E-state index in [1.165, 1.54) is 25.8 Å². The zero-order valence-electron chi connectivity index (χ0n) is 10.8. The molecular formula is C13H25FN2. The van der Waals surface area contributed by atoms with Gasteiger partial charge in [-0.25, -0.2) is 4.39 Å². The summed E-state index contributed by atoms with van der Waals surface area (Å²) in [4.78, 5) is 4.69. The second-order valence-corrected chi connectivity index (χ2v) is 5.77. The van der Waals surface area contributed by atoms with Crippen LogP contribution in [0.5, 0.6) is 0 Å². The molecule has 2 nitrogen and oxygen atoms in total. The molecule has 4 atom stereocenters. The number of nitrogens with zero attached hydrogens (tertiary/aromatic N) is 2. The van der Waals surface area contributed by atoms with Gasteiger partial charge in [-0.2, -0.15) is 0 Å². The van der Waals surface area contributed by atoms with Crippen molar-refractivity contribution in [1.82, 2.24) is 9.80 Å². The van der Waals surface area contributed by atoms with Gasteiger partial charge >= 0.3 is 0 Å². The summed E-state index contributed by atoms with van der Waals surface area (Å²) in [5.74, 6) is 0.785. The van der Waals surface area contributed by atoms with Gasteiger partial charge in [0, 0.05) is 25.2 Å². The molecule has 16 heavy (non-hydrogen) atoms. The van der Waals surface area contributed by atoms with Crippen molar-refractivity contribution in [3.05, 3.63) is 0 Å². The third kappa shape index (κ3) is 2.57. The third-order valence-corrected chi connectivity index (χ3v) is 4.49. The van der Waals surface area contributed by atoms with E-state index in [-0.39, 0.29) is 0 Å². The van der Waals surface area contributed by atoms with Gasteiger partial charge < -0.3 is 9.80 Å². The first-order valence-corrected chi connectivity index (χ1v) is 6.64. The van der Waals surface area contributed by atoms with Crippen LogP contribution in [0.25, 0.3) is 0 Å². The molecule has 0 radical (unpaired) electrons. The molecule has 0 aromatic carbocycles. The van der Waals surface area contributed by atoms with E-state index >= 15 is 0 Å². The molecule has 0 bridgehead atoms. The minimum absolute atomic E-state index is 0.490. The van der Waals surface area contributed by atoms with E-state index in [0.717, 1.165) is 18.4 Å². The van der Waals surface area contributed by atoms with E-state index in [2.05, 4.69) is 30.8 Å². The maximum Gasteiger partial charge on any atom is 0.114 e. The quantitative estimate of drug-likeness (QED) is 0.730. The average molecular weight is 228 g/mol. The van der Waals surface area contributed by atoms with Gasteiger partial charge in [0.15, 0.2) is 0 Å². The number of hydrogen-bond donors (Lipinski definition) is 0. The van der Waals surface area contributed by atoms with Crippen molar-refractivity contribution in [1.29, 1.82) is 0 Å². The molecule has 2 heterocycles. The van der Waals surface area contributed by atoms with E-state index in [9.17, 15) is 4.39 Å². The molecule has 3 heteroatoms. The number of hydrogen-bond acceptors (Lipinski definition) is 2. The van der Waals surface area contributed by atoms with Crippen molar-refractivity contribution < 1.29 is 4.39 Å². The highest BCUT2D eigenvalue weighted by atomic mass is 19.1. The maximum absolute atomic E-state index is 13.3. The normalized spacial score (nSPS) is 42.0. The highest BCUT2D eigenvalue weighted by molar-refractivity contribution is 4.89. The second-order valence-electron chi connectivity index (χ2n) is 5.77. The van der Waals surface area contributed by atoms with Crippen molar-refractivity contribution in [2.45, 2.75) is 50.9 Å². The largest absolute Gasteiger partial charge is 0.303 e. The monoisotopic (exact) mass is 228 g/mol. The summed E-state index contributed by atoms with van der Waals surface area (Å²) in [5, 5.41) is 0. The summed E-state index contributed by atoms with van der Waals surface area (Å²) < 4.78 is 13.3. The van der Waals surface area contributed by atoms with E-state index in [4.69, 9.17) is 0 Å². The Morgan fingerprint density at radius 2 is 1.75 bits per heavy atom. The Bertz CT molecular complexity index is 234. The summed E-state index contributed by atoms with van der Waals surface area (Å²) in [5.41, 5.74) is 0. The van der Waals surface area contributed by atoms with E-state index in [1.54, 1.807) is 0 Å². The Morgan fingerprint density at radius 3 is 2.25 bits per heavy atom. The second kappa shape index (κ2) is 5.01. The lowest BCUT2D eigenvalue weighted by Crippen LogP contribution is -2.28. The number of alkyl halides is 1. The molecule has 2 saturated heterocycles. The zero-order valence-corrected chi connectivity index (χ0v) is 10.8. The number of likely N-dealkylation sites (tertiary alicyclic amines) is 2. The summed E-state index contributed by atoms with van der Waals surface area (Å²) in [6, 6.07) is 1.25. The number of halogens is 1. The lowest BCUT2D eigenvalue weighted by molar-refractivity contribution is 0.255. The van der Waals surface area contributed by atoms with Gasteiger partial charge in [-0.05, 0) is 45.7 Å². The molecule has 0 amide bonds. The first-order chi connectivity index (χ1) is 7.60. The first-order valence-electron chi connectivity index (χ1n) is 6.64. The van der Waals surface area contributed by atoms with Crippen LogP contribution in [-0.2, 0) is 0 Å². The summed E-state index contributed by atoms with van der Waals surface area (Å²) in [7, 11) is 4.30. The molecule has 2 aliphatic heterocycles. The Hall–Kier alpha value is -0.150. The molecule has 0 aromatic rings. The summed E-state index contributed by atoms with van der Waals surface area (Å²) in [6.45, 7) is 4.12. The van der Waals surface area contributed by atoms with Crippen molar-refractivity contribution in [2.75, 3.05) is 27.2 Å². The molecule has 0 aliphatic carbocycles. The molecule has 2 unspecified atom stereocenters. The van der Waals surface area contributed by atoms with Crippen LogP contribution in [0.1, 0.15) is 32.6 Å². The molecule has 2 rings (SSSR count). The smallest absolute Gasteiger partial charge is 0.114 e. The SMILES string of the molecule is CCC1C[C@H](CC2C[C@@H](F)CN2C)CN1C. The predicted molar refractivity (Wildman–Crippen MR) is 65.4 cm³/mol. The van der Waals surface area contributed by atoms with Crippen LogP contribution in [0.4, 0.5) is 4.39 Å². The minimum atomic E-state index is -0.587. The van der Waals surface area contributed by atoms with Gasteiger partial charge in [0.1, 0.15) is 6.17 Å². The highest BCUT2D eigenvalue weighted by Crippen LogP contribution is 2.31. The number of rotatable bonds is 3. The van der Waals surface area contributed by atoms with Gasteiger partial charge in [0.2, 0.25) is 0 Å². The Morgan fingerprint density at radius 1 is 1.06 bits per heavy atom. The Labute approximate surface area is 98.8 Å². The van der Waals surface area contributed by atoms with Crippen LogP contribution in [-0.4, -0.2) is 55.2 Å². The Balaban J connectivity index is 1.82. The average Bonchev–Trinajstić information content (AvgIpc) is 2.71. The van der Waals surface area contributed by atoms with Crippen LogP contribution < -0.4 is 0 Å². The minimum Gasteiger partial charge on any atom is -0.303 e. The standard InChI is InChI=1S/C13H25FN2/c1-4-12-5-10(8-15(12)2)6-13-7-11(14)9-16(13)3/h10-13H,4-9H2,1-3H3/t10-,11-,12?,13?/m1/s1. The lowest BCUT2D eigenvalue weighted by Gasteiger charge is -2.22. The van der Waals surface area contributed by atoms with Gasteiger partial charge in [0.05, 0.1) is 0 Å². The van der Waals surface area contributed by atoms with Gasteiger partial charge in [-0.15, -0.1) is 0 Å². The van der Waals surface area contributed by atoms with Crippen molar-refractivity contribution in [3.63, 3.8) is 0 Å². The van der Waals surface area contributed by atoms with Gasteiger partial charge in [0.25, 0.3) is 0 Å². The highest BCUT2D eigenvalue weighted by Gasteiger charge is 2.35. The van der Waals surface area contributed by atoms with E-state index < -0.39 is 6.17 Å². The van der Waals surface area contributed by atoms with Crippen LogP contribution in [0.3, 0.4) is 0 Å². The fraction of sp³-hybridized carbons (Fsp3) is 1.00. The third-order valence-electron chi connectivity index (χ3n) is 4.49. The van der Waals surface area contributed by atoms with Crippen LogP contribution in [0.15, 0.2) is 0 Å². The van der Waals surface area contributed by atoms with Crippen molar-refractivity contribution in [3.8, 4) is 0 Å². The molecule has 0 aromatic heterocycles. The fourth-order valence-electron chi connectivity index (χ4n) is 3.52. The molecular weight excluding hydrogens is 203 g/mol. The maximum atomic E-state index is 13.3. The Kier molecular flexibility index (Phi) is 3.85. The van der Waals surface area contributed by atoms with Gasteiger partial charge in [-0.3, -0.25) is 0 Å². The predicted octanol–water partition coefficient (Wildman–Crippen LogP) is 2.15. The molecule has 0 N–H and O–H groups in total. The molecule has 94 valence electrons. The summed E-state index contributed by atoms with van der Waals surface area (Å²) >= 11 is 0. The molecule has 0 saturated carbocycles. The van der Waals surface area contributed by atoms with Crippen LogP contribution in [0, 0.1) is 5.92 Å². The van der Waals surface area contributed by atoms with Crippen molar-refractivity contribution >= 4 is 0 Å². The lowest BCUT2D eigenvalue weighted by atomic mass is 9.95. The molecule has 2 fully saturated rings. The van der Waals surface area contributed by atoms with Crippen molar-refractivity contribution in [2.24, 2.45) is 5.92 Å². The van der Waals surface area contributed by atoms with Gasteiger partial charge in [-0.1, -0.05) is 6.92 Å². The molecule has 2 aliphatic rings. The van der Waals surface area contributed by atoms with E-state index in [1.807, 2.05) is 0 Å². The fourth-order valence-corrected chi connectivity index (χ4v) is 3.52. The molecule has 0 spiro atoms. The topological polar surface area (TPSA) is 6.48 Å². The summed E-state index contributed by atoms with van der Waals surface area (Å²) in [6.07, 6.45) is 3.93. The van der Waals surface area contributed by atoms with E-state index in [0.29, 0.717) is 12.6 Å². The first kappa shape index (κ1) is 12.3.